The number of carboxylic acids is 1. The highest BCUT2D eigenvalue weighted by Crippen LogP contribution is 2.29. The number of carbonyl (C=O) groups is 2. The molecule has 1 aromatic carbocycles. The largest absolute Gasteiger partial charge is 0.491 e. The van der Waals surface area contributed by atoms with E-state index in [9.17, 15) is 14.0 Å². The fourth-order valence-electron chi connectivity index (χ4n) is 2.78. The summed E-state index contributed by atoms with van der Waals surface area (Å²) in [5.41, 5.74) is 0. The van der Waals surface area contributed by atoms with E-state index in [1.165, 1.54) is 12.1 Å². The maximum Gasteiger partial charge on any atom is 0.306 e. The van der Waals surface area contributed by atoms with Crippen LogP contribution in [0.25, 0.3) is 0 Å². The third kappa shape index (κ3) is 5.23. The molecular weight excluding hydrogens is 301 g/mol. The molecule has 1 aliphatic carbocycles. The number of hydrogen-bond donors (Lipinski definition) is 2. The molecule has 0 aromatic heterocycles. The van der Waals surface area contributed by atoms with Crippen LogP contribution in [-0.4, -0.2) is 29.6 Å². The van der Waals surface area contributed by atoms with Crippen LogP contribution < -0.4 is 10.1 Å². The molecular formula is C17H22FNO4. The highest BCUT2D eigenvalue weighted by molar-refractivity contribution is 5.79. The van der Waals surface area contributed by atoms with Gasteiger partial charge in [-0.25, -0.2) is 4.39 Å². The van der Waals surface area contributed by atoms with Crippen molar-refractivity contribution >= 4 is 11.9 Å². The van der Waals surface area contributed by atoms with Crippen molar-refractivity contribution in [3.8, 4) is 5.75 Å². The first-order valence-corrected chi connectivity index (χ1v) is 7.87. The Morgan fingerprint density at radius 2 is 1.96 bits per heavy atom. The number of nitrogens with one attached hydrogen (secondary N) is 1. The molecule has 2 N–H and O–H groups in total. The van der Waals surface area contributed by atoms with Gasteiger partial charge in [0, 0.05) is 12.0 Å². The number of carboxylic acid groups (broad SMARTS) is 1. The Morgan fingerprint density at radius 1 is 1.30 bits per heavy atom. The lowest BCUT2D eigenvalue weighted by molar-refractivity contribution is -0.144. The van der Waals surface area contributed by atoms with Gasteiger partial charge in [0.25, 0.3) is 0 Å². The minimum atomic E-state index is -0.777. The van der Waals surface area contributed by atoms with E-state index in [0.29, 0.717) is 31.4 Å². The van der Waals surface area contributed by atoms with Crippen LogP contribution in [0.2, 0.25) is 0 Å². The molecule has 2 rings (SSSR count). The van der Waals surface area contributed by atoms with Gasteiger partial charge in [0.1, 0.15) is 18.2 Å². The van der Waals surface area contributed by atoms with Crippen LogP contribution in [0, 0.1) is 17.7 Å². The normalized spacial score (nSPS) is 22.2. The maximum absolute atomic E-state index is 13.0. The molecule has 1 amide bonds. The number of rotatable bonds is 6. The Hall–Kier alpha value is -2.11. The minimum absolute atomic E-state index is 0.0656. The Labute approximate surface area is 134 Å². The molecule has 0 spiro atoms. The number of benzene rings is 1. The zero-order valence-electron chi connectivity index (χ0n) is 13.1. The van der Waals surface area contributed by atoms with Crippen LogP contribution in [0.5, 0.6) is 5.75 Å². The molecule has 0 aliphatic heterocycles. The Morgan fingerprint density at radius 3 is 2.57 bits per heavy atom. The molecule has 0 heterocycles. The summed E-state index contributed by atoms with van der Waals surface area (Å²) in [6.07, 6.45) is 2.28. The number of amides is 1. The predicted octanol–water partition coefficient (Wildman–Crippen LogP) is 2.60. The molecule has 0 bridgehead atoms. The van der Waals surface area contributed by atoms with Crippen LogP contribution in [0.4, 0.5) is 4.39 Å². The summed E-state index contributed by atoms with van der Waals surface area (Å²) < 4.78 is 18.5. The van der Waals surface area contributed by atoms with Crippen LogP contribution in [0.15, 0.2) is 24.3 Å². The van der Waals surface area contributed by atoms with Crippen molar-refractivity contribution < 1.29 is 23.8 Å². The molecule has 1 saturated carbocycles. The molecule has 1 atom stereocenters. The molecule has 23 heavy (non-hydrogen) atoms. The second kappa shape index (κ2) is 7.94. The number of hydrogen-bond acceptors (Lipinski definition) is 3. The van der Waals surface area contributed by atoms with Gasteiger partial charge < -0.3 is 15.2 Å². The third-order valence-electron chi connectivity index (χ3n) is 4.13. The average molecular weight is 323 g/mol. The van der Waals surface area contributed by atoms with E-state index < -0.39 is 5.97 Å². The zero-order valence-corrected chi connectivity index (χ0v) is 13.1. The van der Waals surface area contributed by atoms with E-state index >= 15 is 0 Å². The smallest absolute Gasteiger partial charge is 0.306 e. The van der Waals surface area contributed by atoms with Crippen molar-refractivity contribution in [1.82, 2.24) is 5.32 Å². The summed E-state index contributed by atoms with van der Waals surface area (Å²) >= 11 is 0. The van der Waals surface area contributed by atoms with E-state index in [1.807, 2.05) is 6.92 Å². The summed E-state index contributed by atoms with van der Waals surface area (Å²) in [4.78, 5) is 23.1. The second-order valence-corrected chi connectivity index (χ2v) is 6.06. The van der Waals surface area contributed by atoms with E-state index in [4.69, 9.17) is 9.84 Å². The van der Waals surface area contributed by atoms with E-state index in [1.54, 1.807) is 12.1 Å². The Balaban J connectivity index is 1.73. The maximum atomic E-state index is 13.0. The molecule has 1 unspecified atom stereocenters. The number of carbonyl (C=O) groups excluding carboxylic acids is 1. The van der Waals surface area contributed by atoms with Crippen LogP contribution >= 0.6 is 0 Å². The zero-order chi connectivity index (χ0) is 16.8. The fourth-order valence-corrected chi connectivity index (χ4v) is 2.78. The average Bonchev–Trinajstić information content (AvgIpc) is 2.53. The van der Waals surface area contributed by atoms with Crippen molar-refractivity contribution in [2.24, 2.45) is 11.8 Å². The van der Waals surface area contributed by atoms with Gasteiger partial charge in [0.05, 0.1) is 12.0 Å². The first kappa shape index (κ1) is 17.2. The Kier molecular flexibility index (Phi) is 5.96. The first-order valence-electron chi connectivity index (χ1n) is 7.87. The van der Waals surface area contributed by atoms with Crippen LogP contribution in [-0.2, 0) is 9.59 Å². The fraction of sp³-hybridized carbons (Fsp3) is 0.529. The molecule has 1 fully saturated rings. The molecule has 5 nitrogen and oxygen atoms in total. The van der Waals surface area contributed by atoms with Crippen molar-refractivity contribution in [2.45, 2.75) is 38.6 Å². The summed E-state index contributed by atoms with van der Waals surface area (Å²) in [7, 11) is 0. The molecule has 6 heteroatoms. The number of ether oxygens (including phenoxy) is 1. The molecule has 126 valence electrons. The standard InChI is InChI=1S/C17H22FNO4/c1-11(10-23-15-4-2-3-14(18)9-15)19-16(20)12-5-7-13(8-6-12)17(21)22/h2-4,9,11-13H,5-8,10H2,1H3,(H,19,20)(H,21,22). The van der Waals surface area contributed by atoms with Gasteiger partial charge in [-0.1, -0.05) is 6.07 Å². The van der Waals surface area contributed by atoms with Crippen molar-refractivity contribution in [1.29, 1.82) is 0 Å². The number of halogens is 1. The van der Waals surface area contributed by atoms with Gasteiger partial charge in [-0.05, 0) is 44.7 Å². The van der Waals surface area contributed by atoms with Crippen molar-refractivity contribution in [2.75, 3.05) is 6.61 Å². The highest BCUT2D eigenvalue weighted by atomic mass is 19.1. The summed E-state index contributed by atoms with van der Waals surface area (Å²) in [6.45, 7) is 2.07. The minimum Gasteiger partial charge on any atom is -0.491 e. The van der Waals surface area contributed by atoms with Gasteiger partial charge in [0.2, 0.25) is 5.91 Å². The van der Waals surface area contributed by atoms with Gasteiger partial charge >= 0.3 is 5.97 Å². The summed E-state index contributed by atoms with van der Waals surface area (Å²) in [6, 6.07) is 5.65. The topological polar surface area (TPSA) is 75.6 Å². The lowest BCUT2D eigenvalue weighted by Crippen LogP contribution is -2.41. The quantitative estimate of drug-likeness (QED) is 0.844. The monoisotopic (exact) mass is 323 g/mol. The SMILES string of the molecule is CC(COc1cccc(F)c1)NC(=O)C1CCC(C(=O)O)CC1. The van der Waals surface area contributed by atoms with Crippen molar-refractivity contribution in [3.63, 3.8) is 0 Å². The second-order valence-electron chi connectivity index (χ2n) is 6.06. The molecule has 0 saturated heterocycles. The van der Waals surface area contributed by atoms with Crippen LogP contribution in [0.3, 0.4) is 0 Å². The van der Waals surface area contributed by atoms with E-state index in [-0.39, 0.29) is 36.2 Å². The van der Waals surface area contributed by atoms with Gasteiger partial charge in [0.15, 0.2) is 0 Å². The molecule has 1 aliphatic rings. The summed E-state index contributed by atoms with van der Waals surface area (Å²) in [5.74, 6) is -1.25. The van der Waals surface area contributed by atoms with Gasteiger partial charge in [-0.3, -0.25) is 9.59 Å². The van der Waals surface area contributed by atoms with Crippen molar-refractivity contribution in [3.05, 3.63) is 30.1 Å². The highest BCUT2D eigenvalue weighted by Gasteiger charge is 2.30. The molecule has 0 radical (unpaired) electrons. The lowest BCUT2D eigenvalue weighted by Gasteiger charge is -2.26. The van der Waals surface area contributed by atoms with Gasteiger partial charge in [-0.2, -0.15) is 0 Å². The lowest BCUT2D eigenvalue weighted by atomic mass is 9.81. The third-order valence-corrected chi connectivity index (χ3v) is 4.13. The summed E-state index contributed by atoms with van der Waals surface area (Å²) in [5, 5.41) is 11.8. The van der Waals surface area contributed by atoms with E-state index in [0.717, 1.165) is 0 Å². The Bertz CT molecular complexity index is 555. The molecule has 1 aromatic rings. The van der Waals surface area contributed by atoms with Gasteiger partial charge in [-0.15, -0.1) is 0 Å². The first-order chi connectivity index (χ1) is 11.0. The predicted molar refractivity (Wildman–Crippen MR) is 82.6 cm³/mol. The van der Waals surface area contributed by atoms with Crippen LogP contribution in [0.1, 0.15) is 32.6 Å². The number of aliphatic carboxylic acids is 1. The van der Waals surface area contributed by atoms with E-state index in [2.05, 4.69) is 5.32 Å².